The Bertz CT molecular complexity index is 1030. The molecule has 0 aliphatic heterocycles. The second-order valence-electron chi connectivity index (χ2n) is 7.85. The molecule has 3 aromatic rings. The maximum absolute atomic E-state index is 12.6. The van der Waals surface area contributed by atoms with Crippen LogP contribution in [-0.4, -0.2) is 25.2 Å². The van der Waals surface area contributed by atoms with Crippen molar-refractivity contribution in [3.8, 4) is 11.5 Å². The number of ether oxygens (including phenoxy) is 3. The molecule has 0 N–H and O–H groups in total. The van der Waals surface area contributed by atoms with Crippen molar-refractivity contribution in [2.45, 2.75) is 26.7 Å². The fraction of sp³-hybridized carbons (Fsp3) is 0.259. The average Bonchev–Trinajstić information content (AvgIpc) is 2.80. The highest BCUT2D eigenvalue weighted by atomic mass is 16.5. The number of benzene rings is 3. The summed E-state index contributed by atoms with van der Waals surface area (Å²) in [5.74, 6) is 0.461. The maximum atomic E-state index is 12.6. The molecule has 3 aromatic carbocycles. The van der Waals surface area contributed by atoms with Crippen molar-refractivity contribution >= 4 is 11.9 Å². The fourth-order valence-corrected chi connectivity index (χ4v) is 2.97. The molecule has 0 aliphatic carbocycles. The third kappa shape index (κ3) is 7.27. The lowest BCUT2D eigenvalue weighted by Gasteiger charge is -2.10. The van der Waals surface area contributed by atoms with Gasteiger partial charge in [0.2, 0.25) is 0 Å². The number of rotatable bonds is 10. The minimum absolute atomic E-state index is 0.274. The molecule has 0 amide bonds. The molecular weight excluding hydrogens is 404 g/mol. The largest absolute Gasteiger partial charge is 0.494 e. The van der Waals surface area contributed by atoms with Crippen molar-refractivity contribution in [1.82, 2.24) is 0 Å². The van der Waals surface area contributed by atoms with Crippen LogP contribution in [0.4, 0.5) is 0 Å². The second kappa shape index (κ2) is 11.7. The molecule has 0 heterocycles. The molecule has 3 rings (SSSR count). The van der Waals surface area contributed by atoms with Crippen LogP contribution in [0.5, 0.6) is 11.5 Å². The van der Waals surface area contributed by atoms with Crippen molar-refractivity contribution in [3.05, 3.63) is 95.6 Å². The molecule has 166 valence electrons. The van der Waals surface area contributed by atoms with Gasteiger partial charge in [0.15, 0.2) is 0 Å². The number of carbonyl (C=O) groups is 2. The van der Waals surface area contributed by atoms with E-state index in [1.54, 1.807) is 36.4 Å². The van der Waals surface area contributed by atoms with E-state index in [1.807, 2.05) is 36.4 Å². The Morgan fingerprint density at radius 1 is 0.750 bits per heavy atom. The van der Waals surface area contributed by atoms with Crippen LogP contribution in [0.15, 0.2) is 78.9 Å². The SMILES string of the molecule is CC(C)CCOc1cccc(C(=O)Oc2cccc(C(=O)OCCc3ccccc3)c2)c1. The summed E-state index contributed by atoms with van der Waals surface area (Å²) in [7, 11) is 0. The Kier molecular flexibility index (Phi) is 8.44. The van der Waals surface area contributed by atoms with Crippen molar-refractivity contribution in [3.63, 3.8) is 0 Å². The standard InChI is InChI=1S/C27H28O5/c1-20(2)14-16-30-24-12-6-11-23(18-24)27(29)32-25-13-7-10-22(19-25)26(28)31-17-15-21-8-4-3-5-9-21/h3-13,18-20H,14-17H2,1-2H3. The van der Waals surface area contributed by atoms with Crippen molar-refractivity contribution in [2.24, 2.45) is 5.92 Å². The molecule has 0 radical (unpaired) electrons. The first-order chi connectivity index (χ1) is 15.5. The highest BCUT2D eigenvalue weighted by molar-refractivity contribution is 5.93. The fourth-order valence-electron chi connectivity index (χ4n) is 2.97. The average molecular weight is 433 g/mol. The van der Waals surface area contributed by atoms with Crippen LogP contribution in [0.2, 0.25) is 0 Å². The molecule has 0 fully saturated rings. The molecule has 0 aromatic heterocycles. The lowest BCUT2D eigenvalue weighted by Crippen LogP contribution is -2.11. The molecule has 0 saturated carbocycles. The van der Waals surface area contributed by atoms with Gasteiger partial charge in [-0.3, -0.25) is 0 Å². The van der Waals surface area contributed by atoms with E-state index >= 15 is 0 Å². The normalized spacial score (nSPS) is 10.6. The number of carbonyl (C=O) groups excluding carboxylic acids is 2. The predicted molar refractivity (Wildman–Crippen MR) is 123 cm³/mol. The third-order valence-electron chi connectivity index (χ3n) is 4.78. The third-order valence-corrected chi connectivity index (χ3v) is 4.78. The van der Waals surface area contributed by atoms with Gasteiger partial charge in [0.25, 0.3) is 0 Å². The monoisotopic (exact) mass is 432 g/mol. The Morgan fingerprint density at radius 2 is 1.41 bits per heavy atom. The Morgan fingerprint density at radius 3 is 2.12 bits per heavy atom. The summed E-state index contributed by atoms with van der Waals surface area (Å²) in [5.41, 5.74) is 1.80. The van der Waals surface area contributed by atoms with E-state index in [0.717, 1.165) is 12.0 Å². The highest BCUT2D eigenvalue weighted by Crippen LogP contribution is 2.19. The summed E-state index contributed by atoms with van der Waals surface area (Å²) >= 11 is 0. The minimum atomic E-state index is -0.520. The minimum Gasteiger partial charge on any atom is -0.494 e. The van der Waals surface area contributed by atoms with E-state index < -0.39 is 11.9 Å². The first-order valence-electron chi connectivity index (χ1n) is 10.8. The Labute approximate surface area is 188 Å². The number of hydrogen-bond donors (Lipinski definition) is 0. The second-order valence-corrected chi connectivity index (χ2v) is 7.85. The number of hydrogen-bond acceptors (Lipinski definition) is 5. The lowest BCUT2D eigenvalue weighted by atomic mass is 10.1. The van der Waals surface area contributed by atoms with Crippen molar-refractivity contribution in [2.75, 3.05) is 13.2 Å². The molecular formula is C27H28O5. The zero-order valence-electron chi connectivity index (χ0n) is 18.5. The first kappa shape index (κ1) is 23.1. The van der Waals surface area contributed by atoms with E-state index in [0.29, 0.717) is 35.8 Å². The van der Waals surface area contributed by atoms with Gasteiger partial charge >= 0.3 is 11.9 Å². The Hall–Kier alpha value is -3.60. The molecule has 0 unspecified atom stereocenters. The molecule has 0 bridgehead atoms. The van der Waals surface area contributed by atoms with Crippen LogP contribution in [0.3, 0.4) is 0 Å². The van der Waals surface area contributed by atoms with Gasteiger partial charge in [-0.1, -0.05) is 56.3 Å². The molecule has 0 saturated heterocycles. The van der Waals surface area contributed by atoms with E-state index in [1.165, 1.54) is 6.07 Å². The van der Waals surface area contributed by atoms with Crippen molar-refractivity contribution < 1.29 is 23.8 Å². The van der Waals surface area contributed by atoms with E-state index in [-0.39, 0.29) is 12.4 Å². The number of esters is 2. The molecule has 0 spiro atoms. The highest BCUT2D eigenvalue weighted by Gasteiger charge is 2.13. The van der Waals surface area contributed by atoms with Gasteiger partial charge in [-0.25, -0.2) is 9.59 Å². The molecule has 0 atom stereocenters. The molecule has 32 heavy (non-hydrogen) atoms. The van der Waals surface area contributed by atoms with Crippen LogP contribution < -0.4 is 9.47 Å². The first-order valence-corrected chi connectivity index (χ1v) is 10.8. The zero-order chi connectivity index (χ0) is 22.8. The van der Waals surface area contributed by atoms with Gasteiger partial charge < -0.3 is 14.2 Å². The van der Waals surface area contributed by atoms with Crippen LogP contribution in [-0.2, 0) is 11.2 Å². The quantitative estimate of drug-likeness (QED) is 0.302. The summed E-state index contributed by atoms with van der Waals surface area (Å²) < 4.78 is 16.5. The zero-order valence-corrected chi connectivity index (χ0v) is 18.5. The lowest BCUT2D eigenvalue weighted by molar-refractivity contribution is 0.0507. The maximum Gasteiger partial charge on any atom is 0.343 e. The summed E-state index contributed by atoms with van der Waals surface area (Å²) in [6, 6.07) is 23.1. The summed E-state index contributed by atoms with van der Waals surface area (Å²) in [6.07, 6.45) is 1.57. The van der Waals surface area contributed by atoms with E-state index in [9.17, 15) is 9.59 Å². The topological polar surface area (TPSA) is 61.8 Å². The van der Waals surface area contributed by atoms with Crippen LogP contribution >= 0.6 is 0 Å². The van der Waals surface area contributed by atoms with Crippen LogP contribution in [0.25, 0.3) is 0 Å². The molecule has 0 aliphatic rings. The molecule has 5 nitrogen and oxygen atoms in total. The predicted octanol–water partition coefficient (Wildman–Crippen LogP) is 5.73. The van der Waals surface area contributed by atoms with Gasteiger partial charge in [0, 0.05) is 6.42 Å². The van der Waals surface area contributed by atoms with Crippen LogP contribution in [0.1, 0.15) is 46.5 Å². The van der Waals surface area contributed by atoms with Gasteiger partial charge in [-0.2, -0.15) is 0 Å². The van der Waals surface area contributed by atoms with E-state index in [2.05, 4.69) is 13.8 Å². The van der Waals surface area contributed by atoms with Gasteiger partial charge in [-0.05, 0) is 54.3 Å². The Balaban J connectivity index is 1.55. The van der Waals surface area contributed by atoms with Gasteiger partial charge in [-0.15, -0.1) is 0 Å². The summed E-state index contributed by atoms with van der Waals surface area (Å²) in [5, 5.41) is 0. The van der Waals surface area contributed by atoms with E-state index in [4.69, 9.17) is 14.2 Å². The van der Waals surface area contributed by atoms with Crippen LogP contribution in [0, 0.1) is 5.92 Å². The van der Waals surface area contributed by atoms with Crippen molar-refractivity contribution in [1.29, 1.82) is 0 Å². The van der Waals surface area contributed by atoms with Gasteiger partial charge in [0.1, 0.15) is 11.5 Å². The van der Waals surface area contributed by atoms with Gasteiger partial charge in [0.05, 0.1) is 24.3 Å². The summed E-state index contributed by atoms with van der Waals surface area (Å²) in [6.45, 7) is 5.12. The summed E-state index contributed by atoms with van der Waals surface area (Å²) in [4.78, 5) is 24.9. The molecule has 5 heteroatoms. The smallest absolute Gasteiger partial charge is 0.343 e.